The Morgan fingerprint density at radius 1 is 1.32 bits per heavy atom. The van der Waals surface area contributed by atoms with Gasteiger partial charge in [0.25, 0.3) is 5.91 Å². The number of carbonyl (C=O) groups is 2. The summed E-state index contributed by atoms with van der Waals surface area (Å²) in [6.07, 6.45) is 6.60. The van der Waals surface area contributed by atoms with Crippen LogP contribution in [0, 0.1) is 0 Å². The van der Waals surface area contributed by atoms with Crippen LogP contribution >= 0.6 is 11.8 Å². The molecule has 0 atom stereocenters. The van der Waals surface area contributed by atoms with Crippen molar-refractivity contribution in [3.63, 3.8) is 0 Å². The zero-order chi connectivity index (χ0) is 17.8. The number of rotatable bonds is 4. The Bertz CT molecular complexity index is 913. The van der Waals surface area contributed by atoms with E-state index in [0.717, 1.165) is 11.8 Å². The lowest BCUT2D eigenvalue weighted by Crippen LogP contribution is -2.19. The highest BCUT2D eigenvalue weighted by Crippen LogP contribution is 2.29. The van der Waals surface area contributed by atoms with E-state index in [4.69, 9.17) is 9.52 Å². The largest absolute Gasteiger partial charge is 0.507 e. The molecule has 0 bridgehead atoms. The van der Waals surface area contributed by atoms with Gasteiger partial charge in [-0.3, -0.25) is 4.79 Å². The maximum Gasteiger partial charge on any atom is 0.339 e. The van der Waals surface area contributed by atoms with Crippen molar-refractivity contribution in [2.75, 3.05) is 0 Å². The van der Waals surface area contributed by atoms with Crippen LogP contribution in [-0.4, -0.2) is 27.3 Å². The summed E-state index contributed by atoms with van der Waals surface area (Å²) in [7, 11) is 0. The molecule has 3 rings (SSSR count). The minimum atomic E-state index is -1.23. The number of benzene rings is 1. The van der Waals surface area contributed by atoms with E-state index in [9.17, 15) is 14.7 Å². The molecule has 0 radical (unpaired) electrons. The molecule has 126 valence electrons. The number of furan rings is 1. The van der Waals surface area contributed by atoms with Crippen molar-refractivity contribution in [1.29, 1.82) is 0 Å². The maximum atomic E-state index is 11.9. The van der Waals surface area contributed by atoms with Crippen molar-refractivity contribution < 1.29 is 24.2 Å². The second kappa shape index (κ2) is 7.10. The van der Waals surface area contributed by atoms with Crippen LogP contribution in [0.2, 0.25) is 0 Å². The van der Waals surface area contributed by atoms with Crippen molar-refractivity contribution >= 4 is 40.6 Å². The number of carboxylic acid groups (broad SMARTS) is 1. The molecular weight excluding hydrogens is 344 g/mol. The van der Waals surface area contributed by atoms with E-state index in [2.05, 4.69) is 10.3 Å². The number of aromatic carboxylic acids is 1. The van der Waals surface area contributed by atoms with E-state index in [-0.39, 0.29) is 17.2 Å². The second-order valence-electron chi connectivity index (χ2n) is 4.89. The summed E-state index contributed by atoms with van der Waals surface area (Å²) >= 11 is 1.14. The number of nitrogens with zero attached hydrogens (tertiary/aromatic N) is 1. The van der Waals surface area contributed by atoms with Gasteiger partial charge in [-0.05, 0) is 48.2 Å². The minimum Gasteiger partial charge on any atom is -0.507 e. The smallest absolute Gasteiger partial charge is 0.339 e. The number of carboxylic acids is 1. The first-order valence-electron chi connectivity index (χ1n) is 7.09. The number of amidine groups is 1. The van der Waals surface area contributed by atoms with Crippen molar-refractivity contribution in [3.05, 3.63) is 65.0 Å². The van der Waals surface area contributed by atoms with E-state index >= 15 is 0 Å². The Morgan fingerprint density at radius 3 is 2.84 bits per heavy atom. The van der Waals surface area contributed by atoms with Gasteiger partial charge in [-0.25, -0.2) is 9.79 Å². The van der Waals surface area contributed by atoms with Crippen molar-refractivity contribution in [2.24, 2.45) is 4.99 Å². The quantitative estimate of drug-likeness (QED) is 0.726. The van der Waals surface area contributed by atoms with Crippen LogP contribution in [0.25, 0.3) is 6.08 Å². The summed E-state index contributed by atoms with van der Waals surface area (Å²) in [5.41, 5.74) is 0.119. The molecule has 2 heterocycles. The fourth-order valence-electron chi connectivity index (χ4n) is 2.00. The monoisotopic (exact) mass is 356 g/mol. The lowest BCUT2D eigenvalue weighted by molar-refractivity contribution is -0.115. The summed E-state index contributed by atoms with van der Waals surface area (Å²) in [5.74, 6) is -1.24. The molecule has 0 unspecified atom stereocenters. The number of carbonyl (C=O) groups excluding carboxylic acids is 1. The third-order valence-electron chi connectivity index (χ3n) is 3.14. The molecule has 0 spiro atoms. The second-order valence-corrected chi connectivity index (χ2v) is 5.92. The Balaban J connectivity index is 1.74. The maximum absolute atomic E-state index is 11.9. The highest BCUT2D eigenvalue weighted by atomic mass is 32.2. The summed E-state index contributed by atoms with van der Waals surface area (Å²) in [6, 6.07) is 7.47. The van der Waals surface area contributed by atoms with E-state index in [1.807, 2.05) is 0 Å². The van der Waals surface area contributed by atoms with E-state index in [1.54, 1.807) is 36.6 Å². The average Bonchev–Trinajstić information content (AvgIpc) is 3.17. The predicted molar refractivity (Wildman–Crippen MR) is 93.7 cm³/mol. The molecule has 3 N–H and O–H groups in total. The molecule has 1 saturated heterocycles. The number of hydrogen-bond acceptors (Lipinski definition) is 6. The highest BCUT2D eigenvalue weighted by Gasteiger charge is 2.23. The standard InChI is InChI=1S/C17H12N2O5S/c20-13-9-10(6-7-12(13)16(22)23)18-17-19-15(21)14(25-17)5-1-3-11-4-2-8-24-11/h1-9,20H,(H,22,23)(H,18,19,21)/b3-1+,14-5-. The molecule has 25 heavy (non-hydrogen) atoms. The van der Waals surface area contributed by atoms with Gasteiger partial charge in [0, 0.05) is 6.07 Å². The topological polar surface area (TPSA) is 112 Å². The lowest BCUT2D eigenvalue weighted by Gasteiger charge is -2.01. The average molecular weight is 356 g/mol. The van der Waals surface area contributed by atoms with Crippen LogP contribution in [0.15, 0.2) is 63.1 Å². The first kappa shape index (κ1) is 16.6. The van der Waals surface area contributed by atoms with Gasteiger partial charge in [0.15, 0.2) is 5.17 Å². The Hall–Kier alpha value is -3.26. The fourth-order valence-corrected chi connectivity index (χ4v) is 2.79. The van der Waals surface area contributed by atoms with Crippen molar-refractivity contribution in [2.45, 2.75) is 0 Å². The molecule has 0 aliphatic carbocycles. The number of aromatic hydroxyl groups is 1. The van der Waals surface area contributed by atoms with E-state index in [1.165, 1.54) is 18.2 Å². The molecule has 1 aliphatic heterocycles. The van der Waals surface area contributed by atoms with Crippen LogP contribution < -0.4 is 5.32 Å². The predicted octanol–water partition coefficient (Wildman–Crippen LogP) is 3.13. The molecular formula is C17H12N2O5S. The van der Waals surface area contributed by atoms with Gasteiger partial charge in [0.2, 0.25) is 0 Å². The zero-order valence-corrected chi connectivity index (χ0v) is 13.5. The molecule has 1 amide bonds. The molecule has 8 heteroatoms. The first-order valence-corrected chi connectivity index (χ1v) is 7.90. The number of thioether (sulfide) groups is 1. The van der Waals surface area contributed by atoms with Gasteiger partial charge >= 0.3 is 5.97 Å². The number of phenols is 1. The van der Waals surface area contributed by atoms with Crippen LogP contribution in [0.4, 0.5) is 5.69 Å². The van der Waals surface area contributed by atoms with Gasteiger partial charge in [-0.15, -0.1) is 0 Å². The van der Waals surface area contributed by atoms with Crippen molar-refractivity contribution in [3.8, 4) is 5.75 Å². The molecule has 2 aromatic rings. The molecule has 1 fully saturated rings. The summed E-state index contributed by atoms with van der Waals surface area (Å²) in [4.78, 5) is 27.4. The van der Waals surface area contributed by atoms with Crippen molar-refractivity contribution in [1.82, 2.24) is 5.32 Å². The molecule has 1 aromatic carbocycles. The fraction of sp³-hybridized carbons (Fsp3) is 0. The SMILES string of the molecule is O=C1NC(=Nc2ccc(C(=O)O)c(O)c2)S/C1=C\C=C\c1ccco1. The number of aliphatic imine (C=N–C) groups is 1. The third-order valence-corrected chi connectivity index (χ3v) is 4.07. The molecule has 1 aromatic heterocycles. The zero-order valence-electron chi connectivity index (χ0n) is 12.7. The number of allylic oxidation sites excluding steroid dienone is 2. The normalized spacial score (nSPS) is 17.5. The van der Waals surface area contributed by atoms with E-state index < -0.39 is 5.97 Å². The minimum absolute atomic E-state index is 0.212. The molecule has 0 saturated carbocycles. The van der Waals surface area contributed by atoms with Gasteiger partial charge in [0.1, 0.15) is 17.1 Å². The number of hydrogen-bond donors (Lipinski definition) is 3. The first-order chi connectivity index (χ1) is 12.0. The van der Waals surface area contributed by atoms with Crippen LogP contribution in [0.3, 0.4) is 0 Å². The Morgan fingerprint density at radius 2 is 2.16 bits per heavy atom. The van der Waals surface area contributed by atoms with Crippen LogP contribution in [0.1, 0.15) is 16.1 Å². The Labute approximate surface area is 146 Å². The van der Waals surface area contributed by atoms with Crippen LogP contribution in [-0.2, 0) is 4.79 Å². The summed E-state index contributed by atoms with van der Waals surface area (Å²) in [5, 5.41) is 21.5. The lowest BCUT2D eigenvalue weighted by atomic mass is 10.2. The summed E-state index contributed by atoms with van der Waals surface area (Å²) < 4.78 is 5.15. The molecule has 1 aliphatic rings. The third kappa shape index (κ3) is 3.99. The van der Waals surface area contributed by atoms with Gasteiger partial charge < -0.3 is 19.9 Å². The van der Waals surface area contributed by atoms with Crippen LogP contribution in [0.5, 0.6) is 5.75 Å². The number of nitrogens with one attached hydrogen (secondary N) is 1. The van der Waals surface area contributed by atoms with Gasteiger partial charge in [-0.1, -0.05) is 6.08 Å². The van der Waals surface area contributed by atoms with Gasteiger partial charge in [0.05, 0.1) is 16.9 Å². The highest BCUT2D eigenvalue weighted by molar-refractivity contribution is 8.18. The number of amides is 1. The summed E-state index contributed by atoms with van der Waals surface area (Å²) in [6.45, 7) is 0. The Kier molecular flexibility index (Phi) is 4.71. The van der Waals surface area contributed by atoms with Gasteiger partial charge in [-0.2, -0.15) is 0 Å². The van der Waals surface area contributed by atoms with E-state index in [0.29, 0.717) is 21.5 Å². The molecule has 7 nitrogen and oxygen atoms in total.